The predicted octanol–water partition coefficient (Wildman–Crippen LogP) is 3.82. The molecule has 1 aromatic rings. The summed E-state index contributed by atoms with van der Waals surface area (Å²) in [6.45, 7) is 5.50. The third-order valence-corrected chi connectivity index (χ3v) is 3.53. The first-order valence-corrected chi connectivity index (χ1v) is 6.98. The molecule has 0 amide bonds. The molecule has 0 unspecified atom stereocenters. The molecule has 5 heteroatoms. The zero-order valence-corrected chi connectivity index (χ0v) is 11.9. The Balaban J connectivity index is 2.24. The number of oxime groups is 1. The number of rotatable bonds is 8. The minimum absolute atomic E-state index is 0.885. The minimum Gasteiger partial charge on any atom is -0.411 e. The summed E-state index contributed by atoms with van der Waals surface area (Å²) in [5.41, 5.74) is 1.34. The first kappa shape index (κ1) is 15.3. The van der Waals surface area contributed by atoms with Crippen molar-refractivity contribution in [2.75, 3.05) is 0 Å². The molecule has 1 heterocycles. The molecule has 0 atom stereocenters. The minimum atomic E-state index is 0.885. The average molecular weight is 277 g/mol. The Morgan fingerprint density at radius 2 is 2.37 bits per heavy atom. The molecule has 0 aliphatic carbocycles. The molecule has 0 saturated carbocycles. The summed E-state index contributed by atoms with van der Waals surface area (Å²) in [6.07, 6.45) is 13.1. The SMILES string of the molecule is C=N/C=C\C=C(/C)CCCCc1ncc(/C=N/O)s1. The van der Waals surface area contributed by atoms with Gasteiger partial charge in [-0.2, -0.15) is 0 Å². The quantitative estimate of drug-likeness (QED) is 0.258. The van der Waals surface area contributed by atoms with Gasteiger partial charge >= 0.3 is 0 Å². The Bertz CT molecular complexity index is 475. The molecule has 1 N–H and O–H groups in total. The van der Waals surface area contributed by atoms with E-state index in [-0.39, 0.29) is 0 Å². The Kier molecular flexibility index (Phi) is 7.43. The van der Waals surface area contributed by atoms with Crippen molar-refractivity contribution in [1.82, 2.24) is 4.98 Å². The van der Waals surface area contributed by atoms with Crippen LogP contribution in [-0.4, -0.2) is 23.1 Å². The zero-order chi connectivity index (χ0) is 13.9. The van der Waals surface area contributed by atoms with Crippen molar-refractivity contribution in [2.24, 2.45) is 10.1 Å². The monoisotopic (exact) mass is 277 g/mol. The van der Waals surface area contributed by atoms with Crippen LogP contribution < -0.4 is 0 Å². The third-order valence-electron chi connectivity index (χ3n) is 2.54. The number of nitrogens with zero attached hydrogens (tertiary/aromatic N) is 3. The molecule has 0 saturated heterocycles. The maximum absolute atomic E-state index is 8.42. The summed E-state index contributed by atoms with van der Waals surface area (Å²) >= 11 is 1.57. The van der Waals surface area contributed by atoms with Crippen molar-refractivity contribution < 1.29 is 5.21 Å². The first-order chi connectivity index (χ1) is 9.26. The van der Waals surface area contributed by atoms with E-state index >= 15 is 0 Å². The van der Waals surface area contributed by atoms with E-state index in [9.17, 15) is 0 Å². The Hall–Kier alpha value is -1.75. The van der Waals surface area contributed by atoms with Crippen molar-refractivity contribution in [3.05, 3.63) is 40.0 Å². The average Bonchev–Trinajstić information content (AvgIpc) is 2.83. The zero-order valence-electron chi connectivity index (χ0n) is 11.1. The van der Waals surface area contributed by atoms with Gasteiger partial charge in [-0.1, -0.05) is 16.8 Å². The molecule has 0 aliphatic rings. The van der Waals surface area contributed by atoms with Crippen LogP contribution in [0.25, 0.3) is 0 Å². The molecular weight excluding hydrogens is 258 g/mol. The van der Waals surface area contributed by atoms with Gasteiger partial charge in [-0.3, -0.25) is 4.99 Å². The van der Waals surface area contributed by atoms with E-state index in [1.54, 1.807) is 23.7 Å². The summed E-state index contributed by atoms with van der Waals surface area (Å²) in [4.78, 5) is 8.82. The maximum Gasteiger partial charge on any atom is 0.0931 e. The highest BCUT2D eigenvalue weighted by atomic mass is 32.1. The van der Waals surface area contributed by atoms with Gasteiger partial charge in [0.05, 0.1) is 16.1 Å². The van der Waals surface area contributed by atoms with Crippen LogP contribution in [0, 0.1) is 0 Å². The molecule has 0 aliphatic heterocycles. The lowest BCUT2D eigenvalue weighted by atomic mass is 10.1. The van der Waals surface area contributed by atoms with Gasteiger partial charge in [0.2, 0.25) is 0 Å². The fraction of sp³-hybridized carbons (Fsp3) is 0.357. The summed E-state index contributed by atoms with van der Waals surface area (Å²) in [5, 5.41) is 12.5. The van der Waals surface area contributed by atoms with Gasteiger partial charge < -0.3 is 5.21 Å². The largest absolute Gasteiger partial charge is 0.411 e. The molecule has 4 nitrogen and oxygen atoms in total. The van der Waals surface area contributed by atoms with Gasteiger partial charge in [0, 0.05) is 12.4 Å². The van der Waals surface area contributed by atoms with Crippen molar-refractivity contribution in [3.63, 3.8) is 0 Å². The third kappa shape index (κ3) is 6.67. The van der Waals surface area contributed by atoms with Crippen molar-refractivity contribution >= 4 is 24.3 Å². The first-order valence-electron chi connectivity index (χ1n) is 6.16. The summed E-state index contributed by atoms with van der Waals surface area (Å²) in [7, 11) is 0. The Morgan fingerprint density at radius 3 is 3.11 bits per heavy atom. The number of aromatic nitrogens is 1. The van der Waals surface area contributed by atoms with Gasteiger partial charge in [0.25, 0.3) is 0 Å². The van der Waals surface area contributed by atoms with E-state index in [0.717, 1.165) is 35.6 Å². The number of aryl methyl sites for hydroxylation is 1. The molecule has 0 radical (unpaired) electrons. The highest BCUT2D eigenvalue weighted by Gasteiger charge is 2.00. The lowest BCUT2D eigenvalue weighted by Gasteiger charge is -1.99. The van der Waals surface area contributed by atoms with Crippen LogP contribution in [0.4, 0.5) is 0 Å². The van der Waals surface area contributed by atoms with Crippen LogP contribution in [0.3, 0.4) is 0 Å². The molecule has 0 spiro atoms. The van der Waals surface area contributed by atoms with E-state index in [2.05, 4.69) is 34.8 Å². The van der Waals surface area contributed by atoms with Crippen LogP contribution in [-0.2, 0) is 6.42 Å². The molecule has 1 aromatic heterocycles. The number of aliphatic imine (C=N–C) groups is 1. The number of hydrogen-bond donors (Lipinski definition) is 1. The van der Waals surface area contributed by atoms with Crippen LogP contribution in [0.2, 0.25) is 0 Å². The van der Waals surface area contributed by atoms with E-state index in [4.69, 9.17) is 5.21 Å². The Labute approximate surface area is 117 Å². The second-order valence-corrected chi connectivity index (χ2v) is 5.29. The van der Waals surface area contributed by atoms with Gasteiger partial charge in [-0.05, 0) is 45.4 Å². The second-order valence-electron chi connectivity index (χ2n) is 4.15. The summed E-state index contributed by atoms with van der Waals surface area (Å²) in [6, 6.07) is 0. The van der Waals surface area contributed by atoms with E-state index < -0.39 is 0 Å². The van der Waals surface area contributed by atoms with Crippen LogP contribution in [0.15, 0.2) is 40.3 Å². The van der Waals surface area contributed by atoms with Crippen molar-refractivity contribution in [1.29, 1.82) is 0 Å². The predicted molar refractivity (Wildman–Crippen MR) is 81.5 cm³/mol. The fourth-order valence-corrected chi connectivity index (χ4v) is 2.42. The normalized spacial score (nSPS) is 12.6. The summed E-state index contributed by atoms with van der Waals surface area (Å²) < 4.78 is 0. The molecule has 0 bridgehead atoms. The number of hydrogen-bond acceptors (Lipinski definition) is 5. The maximum atomic E-state index is 8.42. The topological polar surface area (TPSA) is 57.8 Å². The lowest BCUT2D eigenvalue weighted by Crippen LogP contribution is -1.85. The molecule has 0 fully saturated rings. The van der Waals surface area contributed by atoms with Crippen molar-refractivity contribution in [2.45, 2.75) is 32.6 Å². The van der Waals surface area contributed by atoms with E-state index in [1.807, 2.05) is 6.08 Å². The second kappa shape index (κ2) is 9.22. The standard InChI is InChI=1S/C14H19N3OS/c1-12(7-5-9-15-2)6-3-4-8-14-16-10-13(19-14)11-17-18/h5,7,9-11,18H,2-4,6,8H2,1H3/b9-5-,12-7+,17-11+. The highest BCUT2D eigenvalue weighted by Crippen LogP contribution is 2.15. The molecule has 19 heavy (non-hydrogen) atoms. The van der Waals surface area contributed by atoms with Gasteiger partial charge in [-0.25, -0.2) is 4.98 Å². The summed E-state index contributed by atoms with van der Waals surface area (Å²) in [5.74, 6) is 0. The van der Waals surface area contributed by atoms with Crippen LogP contribution >= 0.6 is 11.3 Å². The van der Waals surface area contributed by atoms with E-state index in [0.29, 0.717) is 0 Å². The lowest BCUT2D eigenvalue weighted by molar-refractivity contribution is 0.322. The van der Waals surface area contributed by atoms with Gasteiger partial charge in [0.1, 0.15) is 0 Å². The van der Waals surface area contributed by atoms with Crippen molar-refractivity contribution in [3.8, 4) is 0 Å². The van der Waals surface area contributed by atoms with Gasteiger partial charge in [-0.15, -0.1) is 11.3 Å². The number of allylic oxidation sites excluding steroid dienone is 3. The van der Waals surface area contributed by atoms with Crippen LogP contribution in [0.5, 0.6) is 0 Å². The smallest absolute Gasteiger partial charge is 0.0931 e. The van der Waals surface area contributed by atoms with E-state index in [1.165, 1.54) is 11.8 Å². The molecule has 102 valence electrons. The van der Waals surface area contributed by atoms with Gasteiger partial charge in [0.15, 0.2) is 0 Å². The van der Waals surface area contributed by atoms with Crippen LogP contribution in [0.1, 0.15) is 36.1 Å². The highest BCUT2D eigenvalue weighted by molar-refractivity contribution is 7.13. The fourth-order valence-electron chi connectivity index (χ4n) is 1.59. The molecule has 1 rings (SSSR count). The molecular formula is C14H19N3OS. The molecule has 0 aromatic carbocycles. The Morgan fingerprint density at radius 1 is 1.53 bits per heavy atom. The number of thiazole rings is 1. The number of unbranched alkanes of at least 4 members (excludes halogenated alkanes) is 1.